The first-order valence-corrected chi connectivity index (χ1v) is 5.74. The van der Waals surface area contributed by atoms with Gasteiger partial charge in [-0.1, -0.05) is 26.0 Å². The van der Waals surface area contributed by atoms with Crippen molar-refractivity contribution in [1.82, 2.24) is 4.90 Å². The van der Waals surface area contributed by atoms with Crippen molar-refractivity contribution in [3.05, 3.63) is 12.2 Å². The normalized spacial score (nSPS) is 37.1. The highest BCUT2D eigenvalue weighted by Crippen LogP contribution is 2.65. The topological polar surface area (TPSA) is 20.3 Å². The largest absolute Gasteiger partial charge is 0.348 e. The molecule has 0 aromatic heterocycles. The van der Waals surface area contributed by atoms with Crippen LogP contribution in [0.4, 0.5) is 0 Å². The summed E-state index contributed by atoms with van der Waals surface area (Å²) in [5.74, 6) is 0.925. The van der Waals surface area contributed by atoms with Gasteiger partial charge in [0.2, 0.25) is 5.91 Å². The maximum absolute atomic E-state index is 12.3. The lowest BCUT2D eigenvalue weighted by Crippen LogP contribution is -2.40. The monoisotopic (exact) mass is 207 g/mol. The van der Waals surface area contributed by atoms with Crippen molar-refractivity contribution in [2.75, 3.05) is 14.1 Å². The average molecular weight is 207 g/mol. The fourth-order valence-electron chi connectivity index (χ4n) is 3.55. The smallest absolute Gasteiger partial charge is 0.232 e. The molecule has 2 rings (SSSR count). The van der Waals surface area contributed by atoms with Crippen LogP contribution >= 0.6 is 0 Å². The predicted molar refractivity (Wildman–Crippen MR) is 61.4 cm³/mol. The number of carbonyl (C=O) groups excluding carboxylic acids is 1. The molecule has 0 saturated heterocycles. The van der Waals surface area contributed by atoms with Gasteiger partial charge in [0.05, 0.1) is 5.41 Å². The van der Waals surface area contributed by atoms with E-state index in [0.717, 1.165) is 12.8 Å². The van der Waals surface area contributed by atoms with Crippen LogP contribution < -0.4 is 0 Å². The molecule has 2 fully saturated rings. The van der Waals surface area contributed by atoms with Gasteiger partial charge in [-0.05, 0) is 30.6 Å². The molecule has 0 radical (unpaired) electrons. The molecule has 2 aliphatic carbocycles. The van der Waals surface area contributed by atoms with Crippen LogP contribution in [0.25, 0.3) is 0 Å². The molecule has 0 aromatic carbocycles. The molecule has 0 aromatic rings. The summed E-state index contributed by atoms with van der Waals surface area (Å²) in [4.78, 5) is 14.0. The molecule has 84 valence electrons. The van der Waals surface area contributed by atoms with E-state index in [2.05, 4.69) is 20.4 Å². The van der Waals surface area contributed by atoms with Crippen molar-refractivity contribution in [2.24, 2.45) is 16.7 Å². The lowest BCUT2D eigenvalue weighted by molar-refractivity contribution is -0.137. The number of hydrogen-bond acceptors (Lipinski definition) is 1. The molecular formula is C13H21NO. The van der Waals surface area contributed by atoms with E-state index >= 15 is 0 Å². The minimum Gasteiger partial charge on any atom is -0.348 e. The summed E-state index contributed by atoms with van der Waals surface area (Å²) in [6.45, 7) is 8.70. The molecule has 0 spiro atoms. The van der Waals surface area contributed by atoms with Gasteiger partial charge in [-0.3, -0.25) is 4.79 Å². The lowest BCUT2D eigenvalue weighted by Gasteiger charge is -2.38. The first-order chi connectivity index (χ1) is 6.82. The van der Waals surface area contributed by atoms with E-state index in [1.165, 1.54) is 12.0 Å². The lowest BCUT2D eigenvalue weighted by atomic mass is 9.68. The molecule has 2 atom stereocenters. The van der Waals surface area contributed by atoms with E-state index in [4.69, 9.17) is 0 Å². The molecule has 1 amide bonds. The Balaban J connectivity index is 2.39. The summed E-state index contributed by atoms with van der Waals surface area (Å²) < 4.78 is 0. The number of fused-ring (bicyclic) bond motifs is 2. The van der Waals surface area contributed by atoms with Crippen LogP contribution in [0.3, 0.4) is 0 Å². The van der Waals surface area contributed by atoms with Gasteiger partial charge in [0.25, 0.3) is 0 Å². The Labute approximate surface area is 92.3 Å². The molecule has 0 heterocycles. The van der Waals surface area contributed by atoms with Crippen LogP contribution in [0.1, 0.15) is 33.1 Å². The van der Waals surface area contributed by atoms with E-state index in [0.29, 0.717) is 5.92 Å². The zero-order chi connectivity index (χ0) is 11.4. The number of carbonyl (C=O) groups is 1. The summed E-state index contributed by atoms with van der Waals surface area (Å²) in [5.41, 5.74) is 1.10. The van der Waals surface area contributed by atoms with Crippen LogP contribution in [0.15, 0.2) is 12.2 Å². The van der Waals surface area contributed by atoms with Crippen molar-refractivity contribution in [2.45, 2.75) is 33.1 Å². The summed E-state index contributed by atoms with van der Waals surface area (Å²) in [5, 5.41) is 0. The SMILES string of the molecule is C=C1C2(C(=O)N(C)C)CCC(C2)C1(C)C. The minimum atomic E-state index is -0.225. The quantitative estimate of drug-likeness (QED) is 0.605. The van der Waals surface area contributed by atoms with E-state index in [1.54, 1.807) is 4.90 Å². The van der Waals surface area contributed by atoms with Gasteiger partial charge in [-0.2, -0.15) is 0 Å². The molecule has 2 saturated carbocycles. The zero-order valence-electron chi connectivity index (χ0n) is 10.3. The number of rotatable bonds is 1. The highest BCUT2D eigenvalue weighted by atomic mass is 16.2. The van der Waals surface area contributed by atoms with Gasteiger partial charge < -0.3 is 4.90 Å². The standard InChI is InChI=1S/C13H21NO/c1-9-12(2,3)10-6-7-13(9,8-10)11(15)14(4)5/h10H,1,6-8H2,2-5H3. The molecule has 2 aliphatic rings. The fraction of sp³-hybridized carbons (Fsp3) is 0.769. The number of amides is 1. The molecule has 0 N–H and O–H groups in total. The summed E-state index contributed by atoms with van der Waals surface area (Å²) in [6, 6.07) is 0. The van der Waals surface area contributed by atoms with E-state index in [9.17, 15) is 4.79 Å². The highest BCUT2D eigenvalue weighted by Gasteiger charge is 2.61. The molecular weight excluding hydrogens is 186 g/mol. The van der Waals surface area contributed by atoms with Crippen LogP contribution in [-0.4, -0.2) is 24.9 Å². The van der Waals surface area contributed by atoms with Crippen molar-refractivity contribution < 1.29 is 4.79 Å². The second-order valence-corrected chi connectivity index (χ2v) is 5.92. The van der Waals surface area contributed by atoms with Crippen molar-refractivity contribution in [3.8, 4) is 0 Å². The van der Waals surface area contributed by atoms with Crippen molar-refractivity contribution >= 4 is 5.91 Å². The third-order valence-electron chi connectivity index (χ3n) is 4.71. The Kier molecular flexibility index (Phi) is 2.05. The maximum atomic E-state index is 12.3. The first kappa shape index (κ1) is 10.7. The molecule has 2 nitrogen and oxygen atoms in total. The highest BCUT2D eigenvalue weighted by molar-refractivity contribution is 5.87. The predicted octanol–water partition coefficient (Wildman–Crippen LogP) is 2.46. The second-order valence-electron chi connectivity index (χ2n) is 5.92. The van der Waals surface area contributed by atoms with Crippen molar-refractivity contribution in [3.63, 3.8) is 0 Å². The zero-order valence-corrected chi connectivity index (χ0v) is 10.3. The van der Waals surface area contributed by atoms with Gasteiger partial charge in [-0.15, -0.1) is 0 Å². The Bertz CT molecular complexity index is 329. The van der Waals surface area contributed by atoms with Gasteiger partial charge in [0.15, 0.2) is 0 Å². The van der Waals surface area contributed by atoms with Crippen LogP contribution in [0.5, 0.6) is 0 Å². The van der Waals surface area contributed by atoms with Crippen LogP contribution in [0.2, 0.25) is 0 Å². The third kappa shape index (κ3) is 1.14. The van der Waals surface area contributed by atoms with Crippen LogP contribution in [0, 0.1) is 16.7 Å². The number of hydrogen-bond donors (Lipinski definition) is 0. The summed E-state index contributed by atoms with van der Waals surface area (Å²) in [6.07, 6.45) is 3.22. The molecule has 2 unspecified atom stereocenters. The number of nitrogens with zero attached hydrogens (tertiary/aromatic N) is 1. The second kappa shape index (κ2) is 2.87. The molecule has 2 heteroatoms. The van der Waals surface area contributed by atoms with Crippen molar-refractivity contribution in [1.29, 1.82) is 0 Å². The van der Waals surface area contributed by atoms with E-state index in [-0.39, 0.29) is 16.7 Å². The summed E-state index contributed by atoms with van der Waals surface area (Å²) >= 11 is 0. The first-order valence-electron chi connectivity index (χ1n) is 5.74. The average Bonchev–Trinajstić information content (AvgIpc) is 2.66. The van der Waals surface area contributed by atoms with E-state index < -0.39 is 0 Å². The Morgan fingerprint density at radius 3 is 2.47 bits per heavy atom. The molecule has 0 aliphatic heterocycles. The third-order valence-corrected chi connectivity index (χ3v) is 4.71. The van der Waals surface area contributed by atoms with Gasteiger partial charge in [0.1, 0.15) is 0 Å². The Hall–Kier alpha value is -0.790. The minimum absolute atomic E-state index is 0.157. The molecule has 2 bridgehead atoms. The fourth-order valence-corrected chi connectivity index (χ4v) is 3.55. The Morgan fingerprint density at radius 2 is 2.07 bits per heavy atom. The molecule has 15 heavy (non-hydrogen) atoms. The maximum Gasteiger partial charge on any atom is 0.232 e. The van der Waals surface area contributed by atoms with E-state index in [1.807, 2.05) is 14.1 Å². The Morgan fingerprint density at radius 1 is 1.47 bits per heavy atom. The summed E-state index contributed by atoms with van der Waals surface area (Å²) in [7, 11) is 3.70. The van der Waals surface area contributed by atoms with Gasteiger partial charge >= 0.3 is 0 Å². The van der Waals surface area contributed by atoms with Crippen LogP contribution in [-0.2, 0) is 4.79 Å². The van der Waals surface area contributed by atoms with Gasteiger partial charge in [0, 0.05) is 14.1 Å². The van der Waals surface area contributed by atoms with Gasteiger partial charge in [-0.25, -0.2) is 0 Å².